The van der Waals surface area contributed by atoms with Crippen LogP contribution >= 0.6 is 0 Å². The van der Waals surface area contributed by atoms with Crippen LogP contribution < -0.4 is 0 Å². The SMILES string of the molecule is CS(=O)C(C)(C)c1cc(-c2cccc(CC(c3ccc(C(C)(C)O)cc3)C(O)C(C)(C)O)c2)c2ncccc2c1. The molecule has 0 saturated heterocycles. The molecule has 1 heterocycles. The minimum atomic E-state index is -1.31. The summed E-state index contributed by atoms with van der Waals surface area (Å²) in [5, 5.41) is 33.4. The van der Waals surface area contributed by atoms with E-state index in [2.05, 4.69) is 23.2 Å². The Kier molecular flexibility index (Phi) is 8.40. The van der Waals surface area contributed by atoms with Gasteiger partial charge in [0, 0.05) is 40.1 Å². The summed E-state index contributed by atoms with van der Waals surface area (Å²) < 4.78 is 12.1. The third-order valence-electron chi connectivity index (χ3n) is 7.96. The van der Waals surface area contributed by atoms with Crippen LogP contribution in [0.15, 0.2) is 79.0 Å². The molecular weight excluding hydrogens is 518 g/mol. The van der Waals surface area contributed by atoms with Crippen LogP contribution in [0.3, 0.4) is 0 Å². The Morgan fingerprint density at radius 1 is 0.850 bits per heavy atom. The molecule has 4 rings (SSSR count). The van der Waals surface area contributed by atoms with Crippen molar-refractivity contribution in [2.75, 3.05) is 6.26 Å². The number of aliphatic hydroxyl groups excluding tert-OH is 1. The van der Waals surface area contributed by atoms with Crippen molar-refractivity contribution in [3.05, 3.63) is 101 Å². The molecule has 6 heteroatoms. The van der Waals surface area contributed by atoms with Crippen molar-refractivity contribution < 1.29 is 19.5 Å². The minimum Gasteiger partial charge on any atom is -0.390 e. The fourth-order valence-corrected chi connectivity index (χ4v) is 5.54. The average molecular weight is 560 g/mol. The minimum absolute atomic E-state index is 0.381. The van der Waals surface area contributed by atoms with E-state index in [0.717, 1.165) is 44.3 Å². The quantitative estimate of drug-likeness (QED) is 0.227. The molecule has 0 amide bonds. The molecule has 0 spiro atoms. The Labute approximate surface area is 240 Å². The number of hydrogen-bond donors (Lipinski definition) is 3. The van der Waals surface area contributed by atoms with Gasteiger partial charge in [0.2, 0.25) is 0 Å². The van der Waals surface area contributed by atoms with Crippen molar-refractivity contribution in [1.29, 1.82) is 0 Å². The van der Waals surface area contributed by atoms with Crippen LogP contribution in [0.2, 0.25) is 0 Å². The first-order chi connectivity index (χ1) is 18.6. The van der Waals surface area contributed by atoms with Gasteiger partial charge in [-0.25, -0.2) is 0 Å². The molecule has 0 radical (unpaired) electrons. The molecule has 40 heavy (non-hydrogen) atoms. The fourth-order valence-electron chi connectivity index (χ4n) is 5.09. The molecule has 3 N–H and O–H groups in total. The second-order valence-corrected chi connectivity index (χ2v) is 14.3. The molecule has 0 aliphatic carbocycles. The highest BCUT2D eigenvalue weighted by molar-refractivity contribution is 7.85. The van der Waals surface area contributed by atoms with E-state index in [4.69, 9.17) is 0 Å². The van der Waals surface area contributed by atoms with Gasteiger partial charge in [0.25, 0.3) is 0 Å². The first-order valence-corrected chi connectivity index (χ1v) is 15.2. The molecule has 3 aromatic carbocycles. The number of hydrogen-bond acceptors (Lipinski definition) is 5. The molecular formula is C34H41NO4S. The van der Waals surface area contributed by atoms with E-state index in [-0.39, 0.29) is 5.92 Å². The largest absolute Gasteiger partial charge is 0.390 e. The highest BCUT2D eigenvalue weighted by atomic mass is 32.2. The maximum atomic E-state index is 12.6. The van der Waals surface area contributed by atoms with Crippen molar-refractivity contribution in [3.8, 4) is 11.1 Å². The Hall–Kier alpha value is -2.90. The van der Waals surface area contributed by atoms with E-state index < -0.39 is 32.9 Å². The normalized spacial score (nSPS) is 15.2. The Balaban J connectivity index is 1.79. The summed E-state index contributed by atoms with van der Waals surface area (Å²) in [5.41, 5.74) is 4.18. The fraction of sp³-hybridized carbons (Fsp3) is 0.382. The van der Waals surface area contributed by atoms with Gasteiger partial charge in [0.1, 0.15) is 0 Å². The predicted molar refractivity (Wildman–Crippen MR) is 165 cm³/mol. The van der Waals surface area contributed by atoms with Gasteiger partial charge in [-0.3, -0.25) is 9.19 Å². The predicted octanol–water partition coefficient (Wildman–Crippen LogP) is 6.20. The maximum absolute atomic E-state index is 12.6. The van der Waals surface area contributed by atoms with Crippen molar-refractivity contribution in [3.63, 3.8) is 0 Å². The van der Waals surface area contributed by atoms with Crippen LogP contribution in [0.4, 0.5) is 0 Å². The number of pyridine rings is 1. The van der Waals surface area contributed by atoms with E-state index in [1.54, 1.807) is 40.1 Å². The molecule has 0 fully saturated rings. The third-order valence-corrected chi connectivity index (χ3v) is 9.64. The van der Waals surface area contributed by atoms with Gasteiger partial charge in [-0.15, -0.1) is 0 Å². The van der Waals surface area contributed by atoms with Gasteiger partial charge in [-0.05, 0) is 94.0 Å². The van der Waals surface area contributed by atoms with Gasteiger partial charge in [0.15, 0.2) is 0 Å². The number of benzene rings is 3. The van der Waals surface area contributed by atoms with E-state index in [0.29, 0.717) is 6.42 Å². The number of aliphatic hydroxyl groups is 3. The maximum Gasteiger partial charge on any atom is 0.0893 e. The molecule has 4 aromatic rings. The summed E-state index contributed by atoms with van der Waals surface area (Å²) in [7, 11) is -1.08. The number of fused-ring (bicyclic) bond motifs is 1. The Morgan fingerprint density at radius 2 is 1.52 bits per heavy atom. The van der Waals surface area contributed by atoms with Gasteiger partial charge >= 0.3 is 0 Å². The van der Waals surface area contributed by atoms with Crippen LogP contribution in [0.25, 0.3) is 22.0 Å². The van der Waals surface area contributed by atoms with Crippen molar-refractivity contribution in [2.24, 2.45) is 0 Å². The highest BCUT2D eigenvalue weighted by Crippen LogP contribution is 2.37. The lowest BCUT2D eigenvalue weighted by atomic mass is 9.80. The second-order valence-electron chi connectivity index (χ2n) is 12.4. The van der Waals surface area contributed by atoms with Crippen LogP contribution in [0.5, 0.6) is 0 Å². The van der Waals surface area contributed by atoms with E-state index >= 15 is 0 Å². The van der Waals surface area contributed by atoms with Crippen molar-refractivity contribution >= 4 is 21.7 Å². The lowest BCUT2D eigenvalue weighted by Gasteiger charge is -2.33. The molecule has 0 saturated carbocycles. The van der Waals surface area contributed by atoms with Gasteiger partial charge in [-0.2, -0.15) is 0 Å². The van der Waals surface area contributed by atoms with Crippen molar-refractivity contribution in [1.82, 2.24) is 4.98 Å². The summed E-state index contributed by atoms with van der Waals surface area (Å²) in [6, 6.07) is 23.9. The van der Waals surface area contributed by atoms with Gasteiger partial charge in [-0.1, -0.05) is 54.6 Å². The molecule has 212 valence electrons. The second kappa shape index (κ2) is 11.2. The molecule has 3 unspecified atom stereocenters. The summed E-state index contributed by atoms with van der Waals surface area (Å²) in [5.74, 6) is -0.381. The average Bonchev–Trinajstić information content (AvgIpc) is 2.90. The smallest absolute Gasteiger partial charge is 0.0893 e. The summed E-state index contributed by atoms with van der Waals surface area (Å²) in [4.78, 5) is 4.68. The topological polar surface area (TPSA) is 90.7 Å². The molecule has 0 aliphatic rings. The zero-order valence-corrected chi connectivity index (χ0v) is 25.3. The van der Waals surface area contributed by atoms with Gasteiger partial charge < -0.3 is 15.3 Å². The Bertz CT molecular complexity index is 1510. The van der Waals surface area contributed by atoms with E-state index in [9.17, 15) is 19.5 Å². The first-order valence-electron chi connectivity index (χ1n) is 13.6. The van der Waals surface area contributed by atoms with E-state index in [1.807, 2.05) is 68.4 Å². The lowest BCUT2D eigenvalue weighted by Crippen LogP contribution is -2.41. The van der Waals surface area contributed by atoms with Crippen LogP contribution in [-0.4, -0.2) is 42.5 Å². The molecule has 3 atom stereocenters. The molecule has 5 nitrogen and oxygen atoms in total. The summed E-state index contributed by atoms with van der Waals surface area (Å²) in [6.45, 7) is 10.7. The zero-order chi connectivity index (χ0) is 29.5. The first kappa shape index (κ1) is 30.1. The number of aromatic nitrogens is 1. The summed E-state index contributed by atoms with van der Waals surface area (Å²) in [6.07, 6.45) is 2.99. The summed E-state index contributed by atoms with van der Waals surface area (Å²) >= 11 is 0. The van der Waals surface area contributed by atoms with Crippen LogP contribution in [0.1, 0.15) is 69.7 Å². The molecule has 0 bridgehead atoms. The van der Waals surface area contributed by atoms with E-state index in [1.165, 1.54) is 0 Å². The zero-order valence-electron chi connectivity index (χ0n) is 24.5. The Morgan fingerprint density at radius 3 is 2.12 bits per heavy atom. The van der Waals surface area contributed by atoms with Gasteiger partial charge in [0.05, 0.1) is 27.6 Å². The highest BCUT2D eigenvalue weighted by Gasteiger charge is 2.34. The standard InChI is InChI=1S/C34H41NO4S/c1-32(2,37)26-15-13-23(14-16-26)29(31(36)33(3,4)38)19-22-10-8-11-24(18-22)28-21-27(34(5,6)40(7)39)20-25-12-9-17-35-30(25)28/h8-18,20-21,29,31,36-38H,19H2,1-7H3. The van der Waals surface area contributed by atoms with Crippen LogP contribution in [-0.2, 0) is 27.6 Å². The lowest BCUT2D eigenvalue weighted by molar-refractivity contribution is -0.0609. The third kappa shape index (κ3) is 6.36. The number of nitrogens with zero attached hydrogens (tertiary/aromatic N) is 1. The monoisotopic (exact) mass is 559 g/mol. The molecule has 0 aliphatic heterocycles. The van der Waals surface area contributed by atoms with Crippen molar-refractivity contribution in [2.45, 2.75) is 75.9 Å². The number of rotatable bonds is 9. The van der Waals surface area contributed by atoms with Crippen LogP contribution in [0, 0.1) is 0 Å². The molecule has 1 aromatic heterocycles.